The van der Waals surface area contributed by atoms with E-state index in [1.165, 1.54) is 23.6 Å². The minimum Gasteiger partial charge on any atom is -0.391 e. The monoisotopic (exact) mass is 397 g/mol. The Morgan fingerprint density at radius 2 is 1.39 bits per heavy atom. The van der Waals surface area contributed by atoms with E-state index in [0.29, 0.717) is 6.54 Å². The molecule has 0 aromatic rings. The summed E-state index contributed by atoms with van der Waals surface area (Å²) in [6.45, 7) is 3.47. The first-order valence-electron chi connectivity index (χ1n) is 9.16. The topological polar surface area (TPSA) is 170 Å². The van der Waals surface area contributed by atoms with Gasteiger partial charge in [-0.15, -0.1) is 0 Å². The van der Waals surface area contributed by atoms with Crippen LogP contribution in [0.3, 0.4) is 0 Å². The molecule has 0 aromatic heterocycles. The second kappa shape index (κ2) is 6.39. The minimum absolute atomic E-state index is 0.172. The molecule has 11 nitrogen and oxygen atoms in total. The van der Waals surface area contributed by atoms with Crippen LogP contribution in [0.15, 0.2) is 0 Å². The second-order valence-electron chi connectivity index (χ2n) is 8.39. The lowest BCUT2D eigenvalue weighted by atomic mass is 9.70. The number of nitrogens with two attached hydrogens (primary N) is 2. The summed E-state index contributed by atoms with van der Waals surface area (Å²) in [5.74, 6) is -2.26. The van der Waals surface area contributed by atoms with Crippen molar-refractivity contribution in [2.24, 2.45) is 16.9 Å². The number of carbonyl (C=O) groups excluding carboxylic acids is 4. The molecule has 0 aromatic carbocycles. The van der Waals surface area contributed by atoms with Crippen LogP contribution in [0, 0.1) is 5.41 Å². The van der Waals surface area contributed by atoms with E-state index >= 15 is 0 Å². The van der Waals surface area contributed by atoms with E-state index in [4.69, 9.17) is 11.5 Å². The van der Waals surface area contributed by atoms with Crippen molar-refractivity contribution in [2.45, 2.75) is 50.1 Å². The number of carbonyl (C=O) groups is 4. The van der Waals surface area contributed by atoms with Crippen molar-refractivity contribution in [3.63, 3.8) is 0 Å². The van der Waals surface area contributed by atoms with E-state index in [0.717, 1.165) is 0 Å². The molecule has 3 rings (SSSR count). The van der Waals surface area contributed by atoms with Crippen LogP contribution < -0.4 is 11.5 Å². The molecule has 0 bridgehead atoms. The molecule has 3 fully saturated rings. The number of rotatable bonds is 6. The van der Waals surface area contributed by atoms with E-state index in [1.807, 2.05) is 0 Å². The van der Waals surface area contributed by atoms with E-state index in [1.54, 1.807) is 11.9 Å². The molecule has 11 heteroatoms. The number of nitrogens with zero attached hydrogens (tertiary/aromatic N) is 3. The van der Waals surface area contributed by atoms with Crippen molar-refractivity contribution in [1.29, 1.82) is 0 Å². The number of β-lactam (4-membered cyclic amide) rings is 2. The van der Waals surface area contributed by atoms with Crippen LogP contribution in [0.5, 0.6) is 0 Å². The molecule has 6 atom stereocenters. The average molecular weight is 397 g/mol. The highest BCUT2D eigenvalue weighted by Crippen LogP contribution is 2.52. The second-order valence-corrected chi connectivity index (χ2v) is 8.39. The molecular weight excluding hydrogens is 370 g/mol. The van der Waals surface area contributed by atoms with Gasteiger partial charge in [0.05, 0.1) is 17.6 Å². The Hall–Kier alpha value is -2.24. The highest BCUT2D eigenvalue weighted by molar-refractivity contribution is 6.01. The van der Waals surface area contributed by atoms with Gasteiger partial charge in [0.2, 0.25) is 23.6 Å². The standard InChI is InChI=1S/C17H27N5O6/c1-8(23)10(12(18)25)21-6-16(14(21)27)4-17(20(3)5-16)7-22(15(17)28)11(9(2)24)13(19)26/h8-11,23-24H,4-7H2,1-3H3,(H2,18,25)(H2,19,26)/t8-,9-,10+,11+,16?,17?/m1/s1. The van der Waals surface area contributed by atoms with Crippen LogP contribution in [0.4, 0.5) is 0 Å². The maximum Gasteiger partial charge on any atom is 0.245 e. The fraction of sp³-hybridized carbons (Fsp3) is 0.765. The van der Waals surface area contributed by atoms with Crippen molar-refractivity contribution >= 4 is 23.6 Å². The average Bonchev–Trinajstić information content (AvgIpc) is 2.89. The zero-order valence-electron chi connectivity index (χ0n) is 16.2. The molecule has 156 valence electrons. The van der Waals surface area contributed by atoms with E-state index in [9.17, 15) is 29.4 Å². The van der Waals surface area contributed by atoms with Gasteiger partial charge in [-0.25, -0.2) is 0 Å². The normalized spacial score (nSPS) is 34.2. The summed E-state index contributed by atoms with van der Waals surface area (Å²) < 4.78 is 0. The summed E-state index contributed by atoms with van der Waals surface area (Å²) in [5, 5.41) is 19.6. The number of likely N-dealkylation sites (tertiary alicyclic amines) is 3. The van der Waals surface area contributed by atoms with Crippen LogP contribution >= 0.6 is 0 Å². The largest absolute Gasteiger partial charge is 0.391 e. The minimum atomic E-state index is -1.12. The maximum absolute atomic E-state index is 12.9. The molecule has 2 unspecified atom stereocenters. The van der Waals surface area contributed by atoms with Crippen molar-refractivity contribution < 1.29 is 29.4 Å². The quantitative estimate of drug-likeness (QED) is 0.333. The lowest BCUT2D eigenvalue weighted by Gasteiger charge is -2.54. The Kier molecular flexibility index (Phi) is 4.68. The van der Waals surface area contributed by atoms with Gasteiger partial charge in [0.25, 0.3) is 0 Å². The Balaban J connectivity index is 1.76. The van der Waals surface area contributed by atoms with Gasteiger partial charge in [-0.3, -0.25) is 24.1 Å². The zero-order chi connectivity index (χ0) is 21.2. The summed E-state index contributed by atoms with van der Waals surface area (Å²) in [4.78, 5) is 53.3. The van der Waals surface area contributed by atoms with Gasteiger partial charge in [0.15, 0.2) is 0 Å². The third-order valence-corrected chi connectivity index (χ3v) is 6.35. The third kappa shape index (κ3) is 2.60. The van der Waals surface area contributed by atoms with Crippen molar-refractivity contribution in [1.82, 2.24) is 14.7 Å². The van der Waals surface area contributed by atoms with Crippen LogP contribution in [0.2, 0.25) is 0 Å². The summed E-state index contributed by atoms with van der Waals surface area (Å²) >= 11 is 0. The molecule has 28 heavy (non-hydrogen) atoms. The van der Waals surface area contributed by atoms with E-state index in [2.05, 4.69) is 0 Å². The van der Waals surface area contributed by atoms with Crippen LogP contribution in [-0.2, 0) is 19.2 Å². The first kappa shape index (κ1) is 20.5. The zero-order valence-corrected chi connectivity index (χ0v) is 16.2. The molecule has 3 heterocycles. The number of aliphatic hydroxyl groups excluding tert-OH is 2. The SMILES string of the molecule is C[C@@H](O)[C@@H](C(N)=O)N1CC2(CN(C)C3(CN([C@H](C(N)=O)[C@@H](C)O)C3=O)C2)C1=O. The highest BCUT2D eigenvalue weighted by atomic mass is 16.3. The number of hydrogen-bond donors (Lipinski definition) is 4. The van der Waals surface area contributed by atoms with E-state index < -0.39 is 47.1 Å². The number of likely N-dealkylation sites (N-methyl/N-ethyl adjacent to an activating group) is 1. The molecule has 0 radical (unpaired) electrons. The Bertz CT molecular complexity index is 742. The van der Waals surface area contributed by atoms with Gasteiger partial charge in [-0.1, -0.05) is 0 Å². The highest BCUT2D eigenvalue weighted by Gasteiger charge is 2.71. The number of aliphatic hydroxyl groups is 2. The van der Waals surface area contributed by atoms with Crippen molar-refractivity contribution in [3.8, 4) is 0 Å². The van der Waals surface area contributed by atoms with E-state index in [-0.39, 0.29) is 31.3 Å². The van der Waals surface area contributed by atoms with Gasteiger partial charge in [-0.2, -0.15) is 0 Å². The molecule has 4 amide bonds. The Labute approximate surface area is 162 Å². The van der Waals surface area contributed by atoms with Gasteiger partial charge in [0, 0.05) is 19.6 Å². The first-order valence-corrected chi connectivity index (χ1v) is 9.16. The Morgan fingerprint density at radius 1 is 0.929 bits per heavy atom. The molecule has 3 saturated heterocycles. The lowest BCUT2D eigenvalue weighted by Crippen LogP contribution is -2.76. The summed E-state index contributed by atoms with van der Waals surface area (Å²) in [6.07, 6.45) is -1.98. The molecule has 3 aliphatic rings. The van der Waals surface area contributed by atoms with Crippen molar-refractivity contribution in [2.75, 3.05) is 26.7 Å². The Morgan fingerprint density at radius 3 is 1.75 bits per heavy atom. The van der Waals surface area contributed by atoms with Crippen LogP contribution in [0.25, 0.3) is 0 Å². The van der Waals surface area contributed by atoms with Gasteiger partial charge in [0.1, 0.15) is 17.6 Å². The smallest absolute Gasteiger partial charge is 0.245 e. The third-order valence-electron chi connectivity index (χ3n) is 6.35. The predicted molar refractivity (Wildman–Crippen MR) is 95.2 cm³/mol. The molecular formula is C17H27N5O6. The lowest BCUT2D eigenvalue weighted by molar-refractivity contribution is -0.174. The fourth-order valence-electron chi connectivity index (χ4n) is 5.05. The van der Waals surface area contributed by atoms with Gasteiger partial charge >= 0.3 is 0 Å². The molecule has 6 N–H and O–H groups in total. The predicted octanol–water partition coefficient (Wildman–Crippen LogP) is -3.80. The maximum atomic E-state index is 12.9. The van der Waals surface area contributed by atoms with Crippen LogP contribution in [-0.4, -0.2) is 105 Å². The van der Waals surface area contributed by atoms with Gasteiger partial charge < -0.3 is 31.5 Å². The number of primary amides is 2. The number of amides is 4. The van der Waals surface area contributed by atoms with Gasteiger partial charge in [-0.05, 0) is 27.3 Å². The van der Waals surface area contributed by atoms with Crippen molar-refractivity contribution in [3.05, 3.63) is 0 Å². The fourth-order valence-corrected chi connectivity index (χ4v) is 5.05. The molecule has 0 saturated carbocycles. The summed E-state index contributed by atoms with van der Waals surface area (Å²) in [6, 6.07) is -2.23. The number of hydrogen-bond acceptors (Lipinski definition) is 7. The summed E-state index contributed by atoms with van der Waals surface area (Å²) in [5.41, 5.74) is 8.84. The van der Waals surface area contributed by atoms with Crippen LogP contribution in [0.1, 0.15) is 20.3 Å². The summed E-state index contributed by atoms with van der Waals surface area (Å²) in [7, 11) is 1.72. The molecule has 3 aliphatic heterocycles. The first-order chi connectivity index (χ1) is 12.9. The molecule has 0 aliphatic carbocycles. The molecule has 2 spiro atoms.